The first-order chi connectivity index (χ1) is 12.6. The first-order valence-electron chi connectivity index (χ1n) is 9.25. The van der Waals surface area contributed by atoms with E-state index in [9.17, 15) is 19.1 Å². The molecule has 1 aliphatic heterocycles. The first kappa shape index (κ1) is 17.1. The van der Waals surface area contributed by atoms with Crippen LogP contribution < -0.4 is 4.90 Å². The second kappa shape index (κ2) is 6.74. The number of hydrogen-bond donors (Lipinski definition) is 1. The van der Waals surface area contributed by atoms with Crippen molar-refractivity contribution in [1.82, 2.24) is 4.90 Å². The van der Waals surface area contributed by atoms with E-state index < -0.39 is 17.8 Å². The van der Waals surface area contributed by atoms with Gasteiger partial charge in [-0.25, -0.2) is 4.39 Å². The van der Waals surface area contributed by atoms with E-state index >= 15 is 0 Å². The lowest BCUT2D eigenvalue weighted by Gasteiger charge is -2.45. The maximum Gasteiger partial charge on any atom is 0.307 e. The molecular weight excluding hydrogens is 335 g/mol. The van der Waals surface area contributed by atoms with Gasteiger partial charge in [-0.05, 0) is 36.8 Å². The van der Waals surface area contributed by atoms with Gasteiger partial charge in [0.25, 0.3) is 0 Å². The summed E-state index contributed by atoms with van der Waals surface area (Å²) in [6, 6.07) is 6.66. The number of para-hydroxylation sites is 1. The molecule has 1 amide bonds. The maximum atomic E-state index is 14.0. The summed E-state index contributed by atoms with van der Waals surface area (Å²) in [5.41, 5.74) is 0.558. The van der Waals surface area contributed by atoms with Crippen LogP contribution in [-0.4, -0.2) is 48.1 Å². The molecule has 0 aromatic heterocycles. The maximum absolute atomic E-state index is 14.0. The Morgan fingerprint density at radius 3 is 2.15 bits per heavy atom. The van der Waals surface area contributed by atoms with E-state index in [1.807, 2.05) is 17.1 Å². The summed E-state index contributed by atoms with van der Waals surface area (Å²) in [5, 5.41) is 9.64. The number of amides is 1. The number of carboxylic acids is 1. The lowest BCUT2D eigenvalue weighted by molar-refractivity contribution is -0.156. The van der Waals surface area contributed by atoms with E-state index in [0.29, 0.717) is 31.9 Å². The molecule has 5 nitrogen and oxygen atoms in total. The predicted molar refractivity (Wildman–Crippen MR) is 95.2 cm³/mol. The highest BCUT2D eigenvalue weighted by atomic mass is 19.1. The third-order valence-electron chi connectivity index (χ3n) is 6.10. The number of allylic oxidation sites excluding steroid dienone is 2. The molecule has 4 atom stereocenters. The number of anilines is 1. The van der Waals surface area contributed by atoms with Crippen molar-refractivity contribution in [3.05, 3.63) is 42.2 Å². The molecule has 2 bridgehead atoms. The summed E-state index contributed by atoms with van der Waals surface area (Å²) in [6.45, 7) is 2.11. The van der Waals surface area contributed by atoms with Gasteiger partial charge in [-0.1, -0.05) is 24.3 Å². The lowest BCUT2D eigenvalue weighted by atomic mass is 9.62. The highest BCUT2D eigenvalue weighted by molar-refractivity contribution is 5.86. The lowest BCUT2D eigenvalue weighted by Crippen LogP contribution is -2.55. The minimum absolute atomic E-state index is 0.0261. The highest BCUT2D eigenvalue weighted by Crippen LogP contribution is 2.45. The number of hydrogen-bond acceptors (Lipinski definition) is 3. The Morgan fingerprint density at radius 2 is 1.58 bits per heavy atom. The minimum atomic E-state index is -0.868. The SMILES string of the molecule is O=C(O)[C@@H]1[C@@H](C(=O)N2CCN(c3ccccc3F)CC2)[C@H]2C=C[C@@H]1CC2. The van der Waals surface area contributed by atoms with Gasteiger partial charge in [0.2, 0.25) is 5.91 Å². The van der Waals surface area contributed by atoms with Gasteiger partial charge in [-0.2, -0.15) is 0 Å². The number of carboxylic acid groups (broad SMARTS) is 1. The van der Waals surface area contributed by atoms with Gasteiger partial charge in [0.15, 0.2) is 0 Å². The van der Waals surface area contributed by atoms with E-state index in [-0.39, 0.29) is 23.6 Å². The summed E-state index contributed by atoms with van der Waals surface area (Å²) < 4.78 is 14.0. The summed E-state index contributed by atoms with van der Waals surface area (Å²) in [5.74, 6) is -2.26. The number of benzene rings is 1. The van der Waals surface area contributed by atoms with Crippen molar-refractivity contribution in [2.75, 3.05) is 31.1 Å². The molecular formula is C20H23FN2O3. The van der Waals surface area contributed by atoms with Gasteiger partial charge in [0.05, 0.1) is 17.5 Å². The zero-order chi connectivity index (χ0) is 18.3. The van der Waals surface area contributed by atoms with E-state index in [1.54, 1.807) is 23.1 Å². The van der Waals surface area contributed by atoms with E-state index in [4.69, 9.17) is 0 Å². The fraction of sp³-hybridized carbons (Fsp3) is 0.500. The topological polar surface area (TPSA) is 60.9 Å². The van der Waals surface area contributed by atoms with Gasteiger partial charge in [0.1, 0.15) is 5.82 Å². The Bertz CT molecular complexity index is 742. The Kier molecular flexibility index (Phi) is 4.42. The molecule has 0 spiro atoms. The quantitative estimate of drug-likeness (QED) is 0.843. The molecule has 5 rings (SSSR count). The van der Waals surface area contributed by atoms with Crippen LogP contribution in [0.4, 0.5) is 10.1 Å². The first-order valence-corrected chi connectivity index (χ1v) is 9.25. The largest absolute Gasteiger partial charge is 0.481 e. The van der Waals surface area contributed by atoms with Gasteiger partial charge in [-0.15, -0.1) is 0 Å². The number of fused-ring (bicyclic) bond motifs is 2. The van der Waals surface area contributed by atoms with Crippen LogP contribution in [0.5, 0.6) is 0 Å². The second-order valence-corrected chi connectivity index (χ2v) is 7.44. The summed E-state index contributed by atoms with van der Waals surface area (Å²) >= 11 is 0. The molecule has 2 fully saturated rings. The second-order valence-electron chi connectivity index (χ2n) is 7.44. The molecule has 1 aromatic rings. The van der Waals surface area contributed by atoms with E-state index in [2.05, 4.69) is 0 Å². The van der Waals surface area contributed by atoms with Crippen LogP contribution in [0.2, 0.25) is 0 Å². The van der Waals surface area contributed by atoms with Crippen molar-refractivity contribution in [2.45, 2.75) is 12.8 Å². The number of rotatable bonds is 3. The fourth-order valence-corrected chi connectivity index (χ4v) is 4.75. The summed E-state index contributed by atoms with van der Waals surface area (Å²) in [6.07, 6.45) is 5.75. The molecule has 6 heteroatoms. The molecule has 0 radical (unpaired) electrons. The van der Waals surface area contributed by atoms with Crippen LogP contribution >= 0.6 is 0 Å². The molecule has 1 aromatic carbocycles. The smallest absolute Gasteiger partial charge is 0.307 e. The average Bonchev–Trinajstić information content (AvgIpc) is 2.68. The molecule has 4 aliphatic rings. The molecule has 0 unspecified atom stereocenters. The molecule has 1 saturated carbocycles. The van der Waals surface area contributed by atoms with Crippen LogP contribution in [0.15, 0.2) is 36.4 Å². The molecule has 1 N–H and O–H groups in total. The standard InChI is InChI=1S/C20H23FN2O3/c21-15-3-1-2-4-16(15)22-9-11-23(12-10-22)19(24)17-13-5-7-14(8-6-13)18(17)20(25)26/h1-5,7,13-14,17-18H,6,8-12H2,(H,25,26)/t13-,14+,17-,18-/m0/s1. The molecule has 138 valence electrons. The van der Waals surface area contributed by atoms with E-state index in [1.165, 1.54) is 6.07 Å². The number of carbonyl (C=O) groups is 2. The number of aliphatic carboxylic acids is 1. The van der Waals surface area contributed by atoms with Crippen LogP contribution in [0.1, 0.15) is 12.8 Å². The number of piperazine rings is 1. The van der Waals surface area contributed by atoms with Crippen LogP contribution in [0.3, 0.4) is 0 Å². The van der Waals surface area contributed by atoms with Gasteiger partial charge >= 0.3 is 5.97 Å². The number of halogens is 1. The molecule has 1 saturated heterocycles. The molecule has 1 heterocycles. The Balaban J connectivity index is 1.46. The third-order valence-corrected chi connectivity index (χ3v) is 6.10. The van der Waals surface area contributed by atoms with Gasteiger partial charge in [-0.3, -0.25) is 9.59 Å². The number of carbonyl (C=O) groups excluding carboxylic acids is 1. The van der Waals surface area contributed by atoms with Crippen LogP contribution in [0.25, 0.3) is 0 Å². The Hall–Kier alpha value is -2.37. The van der Waals surface area contributed by atoms with Crippen molar-refractivity contribution in [1.29, 1.82) is 0 Å². The van der Waals surface area contributed by atoms with Crippen LogP contribution in [-0.2, 0) is 9.59 Å². The van der Waals surface area contributed by atoms with Crippen LogP contribution in [0, 0.1) is 29.5 Å². The van der Waals surface area contributed by atoms with Crippen molar-refractivity contribution in [3.8, 4) is 0 Å². The van der Waals surface area contributed by atoms with Crippen molar-refractivity contribution in [2.24, 2.45) is 23.7 Å². The van der Waals surface area contributed by atoms with Crippen molar-refractivity contribution in [3.63, 3.8) is 0 Å². The summed E-state index contributed by atoms with van der Waals surface area (Å²) in [4.78, 5) is 28.6. The number of nitrogens with zero attached hydrogens (tertiary/aromatic N) is 2. The third kappa shape index (κ3) is 2.87. The van der Waals surface area contributed by atoms with Gasteiger partial charge < -0.3 is 14.9 Å². The average molecular weight is 358 g/mol. The Morgan fingerprint density at radius 1 is 0.962 bits per heavy atom. The zero-order valence-corrected chi connectivity index (χ0v) is 14.6. The van der Waals surface area contributed by atoms with Gasteiger partial charge in [0, 0.05) is 26.2 Å². The minimum Gasteiger partial charge on any atom is -0.481 e. The van der Waals surface area contributed by atoms with E-state index in [0.717, 1.165) is 12.8 Å². The zero-order valence-electron chi connectivity index (χ0n) is 14.6. The molecule has 3 aliphatic carbocycles. The summed E-state index contributed by atoms with van der Waals surface area (Å²) in [7, 11) is 0. The highest BCUT2D eigenvalue weighted by Gasteiger charge is 2.49. The van der Waals surface area contributed by atoms with Crippen molar-refractivity contribution >= 4 is 17.6 Å². The predicted octanol–water partition coefficient (Wildman–Crippen LogP) is 2.39. The monoisotopic (exact) mass is 358 g/mol. The fourth-order valence-electron chi connectivity index (χ4n) is 4.75. The normalized spacial score (nSPS) is 30.5. The van der Waals surface area contributed by atoms with Crippen molar-refractivity contribution < 1.29 is 19.1 Å². The Labute approximate surface area is 152 Å². The molecule has 26 heavy (non-hydrogen) atoms.